The molecule has 1 fully saturated rings. The summed E-state index contributed by atoms with van der Waals surface area (Å²) in [5.74, 6) is -0.329. The second-order valence-electron chi connectivity index (χ2n) is 9.81. The van der Waals surface area contributed by atoms with E-state index in [0.29, 0.717) is 11.6 Å². The summed E-state index contributed by atoms with van der Waals surface area (Å²) in [6, 6.07) is 14.1. The van der Waals surface area contributed by atoms with Crippen LogP contribution in [0, 0.1) is 11.8 Å². The van der Waals surface area contributed by atoms with Crippen LogP contribution in [-0.2, 0) is 4.79 Å². The summed E-state index contributed by atoms with van der Waals surface area (Å²) in [6.45, 7) is 6.19. The average Bonchev–Trinajstić information content (AvgIpc) is 3.44. The van der Waals surface area contributed by atoms with Gasteiger partial charge in [-0.3, -0.25) is 4.79 Å². The molecule has 2 heterocycles. The Morgan fingerprint density at radius 2 is 1.85 bits per heavy atom. The Labute approximate surface area is 203 Å². The van der Waals surface area contributed by atoms with E-state index in [1.807, 2.05) is 50.4 Å². The average molecular weight is 475 g/mol. The van der Waals surface area contributed by atoms with Crippen LogP contribution in [-0.4, -0.2) is 28.0 Å². The second-order valence-corrected chi connectivity index (χ2v) is 10.8. The van der Waals surface area contributed by atoms with Gasteiger partial charge in [-0.05, 0) is 80.2 Å². The number of benzene rings is 2. The van der Waals surface area contributed by atoms with Crippen LogP contribution in [0.5, 0.6) is 0 Å². The number of hydrogen-bond donors (Lipinski definition) is 2. The lowest BCUT2D eigenvalue weighted by molar-refractivity contribution is -0.123. The number of amides is 1. The highest BCUT2D eigenvalue weighted by molar-refractivity contribution is 7.22. The minimum absolute atomic E-state index is 0.0469. The first kappa shape index (κ1) is 22.7. The second kappa shape index (κ2) is 8.91. The van der Waals surface area contributed by atoms with Crippen molar-refractivity contribution in [3.05, 3.63) is 53.5 Å². The van der Waals surface area contributed by atoms with E-state index < -0.39 is 5.97 Å². The largest absolute Gasteiger partial charge is 0.477 e. The molecule has 5 nitrogen and oxygen atoms in total. The Morgan fingerprint density at radius 1 is 1.09 bits per heavy atom. The van der Waals surface area contributed by atoms with Crippen molar-refractivity contribution < 1.29 is 14.7 Å². The summed E-state index contributed by atoms with van der Waals surface area (Å²) >= 11 is 1.27. The number of anilines is 1. The van der Waals surface area contributed by atoms with Crippen LogP contribution >= 0.6 is 11.3 Å². The summed E-state index contributed by atoms with van der Waals surface area (Å²) in [7, 11) is 0. The number of fused-ring (bicyclic) bond motifs is 2. The maximum Gasteiger partial charge on any atom is 0.348 e. The van der Waals surface area contributed by atoms with Crippen molar-refractivity contribution in [1.29, 1.82) is 0 Å². The quantitative estimate of drug-likeness (QED) is 0.318. The zero-order valence-corrected chi connectivity index (χ0v) is 20.6. The van der Waals surface area contributed by atoms with E-state index in [1.165, 1.54) is 11.3 Å². The number of aromatic amines is 1. The minimum atomic E-state index is -0.987. The first-order chi connectivity index (χ1) is 16.3. The summed E-state index contributed by atoms with van der Waals surface area (Å²) < 4.78 is 0.903. The number of nitrogens with zero attached hydrogens (tertiary/aromatic N) is 1. The third-order valence-electron chi connectivity index (χ3n) is 7.11. The molecule has 1 amide bonds. The van der Waals surface area contributed by atoms with Crippen molar-refractivity contribution in [2.75, 3.05) is 4.90 Å². The number of H-pyrrole nitrogens is 1. The first-order valence-corrected chi connectivity index (χ1v) is 12.9. The van der Waals surface area contributed by atoms with E-state index >= 15 is 0 Å². The third kappa shape index (κ3) is 3.90. The maximum absolute atomic E-state index is 13.8. The molecular weight excluding hydrogens is 444 g/mol. The van der Waals surface area contributed by atoms with Gasteiger partial charge in [0, 0.05) is 33.8 Å². The minimum Gasteiger partial charge on any atom is -0.477 e. The lowest BCUT2D eigenvalue weighted by atomic mass is 9.82. The fourth-order valence-corrected chi connectivity index (χ4v) is 6.43. The topological polar surface area (TPSA) is 73.4 Å². The number of thiophene rings is 1. The van der Waals surface area contributed by atoms with Gasteiger partial charge in [0.05, 0.1) is 5.69 Å². The third-order valence-corrected chi connectivity index (χ3v) is 8.32. The van der Waals surface area contributed by atoms with Crippen LogP contribution in [0.4, 0.5) is 5.69 Å². The molecule has 4 aromatic rings. The van der Waals surface area contributed by atoms with Crippen molar-refractivity contribution in [1.82, 2.24) is 4.98 Å². The molecule has 0 bridgehead atoms. The van der Waals surface area contributed by atoms with Gasteiger partial charge in [-0.15, -0.1) is 11.3 Å². The highest BCUT2D eigenvalue weighted by Crippen LogP contribution is 2.45. The molecule has 1 saturated carbocycles. The maximum atomic E-state index is 13.8. The molecule has 2 N–H and O–H groups in total. The van der Waals surface area contributed by atoms with Crippen LogP contribution in [0.2, 0.25) is 0 Å². The molecule has 2 aromatic heterocycles. The molecular formula is C28H30N2O3S. The Bertz CT molecular complexity index is 1380. The van der Waals surface area contributed by atoms with Gasteiger partial charge >= 0.3 is 5.97 Å². The molecule has 0 unspecified atom stereocenters. The number of hydrogen-bond acceptors (Lipinski definition) is 3. The van der Waals surface area contributed by atoms with Crippen LogP contribution in [0.25, 0.3) is 32.1 Å². The Morgan fingerprint density at radius 3 is 2.56 bits per heavy atom. The summed E-state index contributed by atoms with van der Waals surface area (Å²) in [5, 5.41) is 12.1. The number of carboxylic acids is 1. The van der Waals surface area contributed by atoms with Crippen molar-refractivity contribution in [2.24, 2.45) is 11.8 Å². The molecule has 6 heteroatoms. The molecule has 2 aromatic carbocycles. The predicted octanol–water partition coefficient (Wildman–Crippen LogP) is 7.32. The van der Waals surface area contributed by atoms with Crippen molar-refractivity contribution >= 4 is 49.9 Å². The number of carbonyl (C=O) groups excluding carboxylic acids is 1. The zero-order chi connectivity index (χ0) is 24.0. The van der Waals surface area contributed by atoms with Gasteiger partial charge < -0.3 is 15.0 Å². The van der Waals surface area contributed by atoms with E-state index in [0.717, 1.165) is 57.8 Å². The van der Waals surface area contributed by atoms with Gasteiger partial charge in [0.15, 0.2) is 0 Å². The van der Waals surface area contributed by atoms with Crippen molar-refractivity contribution in [2.45, 2.75) is 52.5 Å². The summed E-state index contributed by atoms with van der Waals surface area (Å²) in [4.78, 5) is 31.4. The van der Waals surface area contributed by atoms with Gasteiger partial charge in [-0.1, -0.05) is 31.2 Å². The van der Waals surface area contributed by atoms with Crippen LogP contribution < -0.4 is 4.90 Å². The smallest absolute Gasteiger partial charge is 0.348 e. The summed E-state index contributed by atoms with van der Waals surface area (Å²) in [6.07, 6.45) is 5.75. The molecule has 0 atom stereocenters. The Hall–Kier alpha value is -3.12. The van der Waals surface area contributed by atoms with Gasteiger partial charge in [0.1, 0.15) is 4.88 Å². The molecule has 34 heavy (non-hydrogen) atoms. The van der Waals surface area contributed by atoms with E-state index in [2.05, 4.69) is 24.0 Å². The normalized spacial score (nSPS) is 18.6. The van der Waals surface area contributed by atoms with E-state index in [1.54, 1.807) is 4.90 Å². The molecule has 1 aliphatic rings. The van der Waals surface area contributed by atoms with Gasteiger partial charge in [-0.25, -0.2) is 4.79 Å². The number of carboxylic acid groups (broad SMARTS) is 1. The van der Waals surface area contributed by atoms with E-state index in [4.69, 9.17) is 0 Å². The molecule has 1 aliphatic carbocycles. The van der Waals surface area contributed by atoms with Crippen LogP contribution in [0.15, 0.2) is 48.7 Å². The summed E-state index contributed by atoms with van der Waals surface area (Å²) in [5.41, 5.74) is 3.64. The number of rotatable bonds is 5. The van der Waals surface area contributed by atoms with Gasteiger partial charge in [-0.2, -0.15) is 0 Å². The molecule has 5 rings (SSSR count). The first-order valence-electron chi connectivity index (χ1n) is 12.0. The van der Waals surface area contributed by atoms with Crippen LogP contribution in [0.3, 0.4) is 0 Å². The fraction of sp³-hybridized carbons (Fsp3) is 0.357. The van der Waals surface area contributed by atoms with E-state index in [-0.39, 0.29) is 22.7 Å². The standard InChI is InChI=1S/C28H30N2O3S/c1-16(2)30(27(31)18-9-7-17(3)8-10-18)24-22-6-4-5-21(25(22)34-26(24)28(32)33)19-11-12-23-20(15-19)13-14-29-23/h4-6,11-18,29H,7-10H2,1-3H3,(H,32,33). The van der Waals surface area contributed by atoms with Gasteiger partial charge in [0.25, 0.3) is 0 Å². The lowest BCUT2D eigenvalue weighted by Gasteiger charge is -2.33. The van der Waals surface area contributed by atoms with Crippen molar-refractivity contribution in [3.8, 4) is 11.1 Å². The molecule has 0 radical (unpaired) electrons. The van der Waals surface area contributed by atoms with E-state index in [9.17, 15) is 14.7 Å². The number of carbonyl (C=O) groups is 2. The SMILES string of the molecule is CC1CCC(C(=O)N(c2c(C(=O)O)sc3c(-c4ccc5[nH]ccc5c4)cccc23)C(C)C)CC1. The molecule has 0 spiro atoms. The Balaban J connectivity index is 1.66. The number of aromatic carboxylic acids is 1. The van der Waals surface area contributed by atoms with Crippen LogP contribution in [0.1, 0.15) is 56.1 Å². The number of aromatic nitrogens is 1. The van der Waals surface area contributed by atoms with Gasteiger partial charge in [0.2, 0.25) is 5.91 Å². The highest BCUT2D eigenvalue weighted by atomic mass is 32.1. The molecule has 176 valence electrons. The fourth-order valence-electron chi connectivity index (χ4n) is 5.27. The molecule has 0 aliphatic heterocycles. The Kier molecular flexibility index (Phi) is 5.94. The van der Waals surface area contributed by atoms with Crippen molar-refractivity contribution in [3.63, 3.8) is 0 Å². The zero-order valence-electron chi connectivity index (χ0n) is 19.8. The lowest BCUT2D eigenvalue weighted by Crippen LogP contribution is -2.42. The number of nitrogens with one attached hydrogen (secondary N) is 1. The highest BCUT2D eigenvalue weighted by Gasteiger charge is 2.34. The molecule has 0 saturated heterocycles. The predicted molar refractivity (Wildman–Crippen MR) is 140 cm³/mol. The monoisotopic (exact) mass is 474 g/mol.